The van der Waals surface area contributed by atoms with Crippen LogP contribution in [0.1, 0.15) is 24.5 Å². The van der Waals surface area contributed by atoms with Crippen LogP contribution in [0.15, 0.2) is 54.6 Å². The van der Waals surface area contributed by atoms with Crippen LogP contribution in [-0.4, -0.2) is 22.8 Å². The van der Waals surface area contributed by atoms with Crippen LogP contribution < -0.4 is 5.32 Å². The third-order valence-electron chi connectivity index (χ3n) is 4.31. The van der Waals surface area contributed by atoms with Crippen LogP contribution in [0, 0.1) is 0 Å². The van der Waals surface area contributed by atoms with Crippen molar-refractivity contribution < 1.29 is 4.74 Å². The Labute approximate surface area is 155 Å². The number of anilines is 1. The highest BCUT2D eigenvalue weighted by molar-refractivity contribution is 7.18. The van der Waals surface area contributed by atoms with Gasteiger partial charge in [-0.15, -0.1) is 10.2 Å². The highest BCUT2D eigenvalue weighted by atomic mass is 35.5. The van der Waals surface area contributed by atoms with E-state index in [0.29, 0.717) is 11.1 Å². The molecule has 1 saturated heterocycles. The van der Waals surface area contributed by atoms with E-state index in [4.69, 9.17) is 16.3 Å². The van der Waals surface area contributed by atoms with Crippen molar-refractivity contribution in [2.45, 2.75) is 25.0 Å². The third-order valence-corrected chi connectivity index (χ3v) is 5.53. The molecular weight excluding hydrogens is 354 g/mol. The van der Waals surface area contributed by atoms with Crippen molar-refractivity contribution in [3.63, 3.8) is 0 Å². The van der Waals surface area contributed by atoms with Gasteiger partial charge in [0.15, 0.2) is 5.01 Å². The molecule has 0 radical (unpaired) electrons. The highest BCUT2D eigenvalue weighted by Crippen LogP contribution is 2.34. The molecule has 128 valence electrons. The lowest BCUT2D eigenvalue weighted by Crippen LogP contribution is -2.30. The molecule has 25 heavy (non-hydrogen) atoms. The molecule has 0 saturated carbocycles. The summed E-state index contributed by atoms with van der Waals surface area (Å²) in [4.78, 5) is 0. The molecule has 1 aromatic heterocycles. The van der Waals surface area contributed by atoms with E-state index in [-0.39, 0.29) is 6.10 Å². The van der Waals surface area contributed by atoms with Gasteiger partial charge in [-0.05, 0) is 24.5 Å². The average molecular weight is 372 g/mol. The molecule has 2 unspecified atom stereocenters. The monoisotopic (exact) mass is 371 g/mol. The summed E-state index contributed by atoms with van der Waals surface area (Å²) in [5.74, 6) is 0. The average Bonchev–Trinajstić information content (AvgIpc) is 3.11. The highest BCUT2D eigenvalue weighted by Gasteiger charge is 2.24. The van der Waals surface area contributed by atoms with Crippen molar-refractivity contribution >= 4 is 28.1 Å². The second kappa shape index (κ2) is 7.52. The van der Waals surface area contributed by atoms with Crippen molar-refractivity contribution in [2.75, 3.05) is 11.9 Å². The third kappa shape index (κ3) is 3.84. The van der Waals surface area contributed by atoms with E-state index in [1.807, 2.05) is 30.3 Å². The first-order chi connectivity index (χ1) is 12.3. The number of halogens is 1. The minimum atomic E-state index is 0.128. The Bertz CT molecular complexity index is 839. The van der Waals surface area contributed by atoms with E-state index in [1.54, 1.807) is 0 Å². The Kier molecular flexibility index (Phi) is 4.97. The Morgan fingerprint density at radius 3 is 2.68 bits per heavy atom. The van der Waals surface area contributed by atoms with Crippen molar-refractivity contribution in [2.24, 2.45) is 0 Å². The first kappa shape index (κ1) is 16.5. The molecule has 0 aliphatic carbocycles. The fraction of sp³-hybridized carbons (Fsp3) is 0.263. The fourth-order valence-electron chi connectivity index (χ4n) is 3.03. The lowest BCUT2D eigenvalue weighted by atomic mass is 9.98. The predicted molar refractivity (Wildman–Crippen MR) is 102 cm³/mol. The summed E-state index contributed by atoms with van der Waals surface area (Å²) in [5, 5.41) is 14.4. The van der Waals surface area contributed by atoms with Gasteiger partial charge in [0.1, 0.15) is 0 Å². The zero-order valence-electron chi connectivity index (χ0n) is 13.6. The number of ether oxygens (including phenoxy) is 1. The molecule has 0 bridgehead atoms. The summed E-state index contributed by atoms with van der Waals surface area (Å²) in [7, 11) is 0. The number of aromatic nitrogens is 2. The van der Waals surface area contributed by atoms with E-state index < -0.39 is 0 Å². The van der Waals surface area contributed by atoms with Crippen LogP contribution >= 0.6 is 22.9 Å². The molecule has 1 aliphatic heterocycles. The minimum absolute atomic E-state index is 0.128. The Hall–Kier alpha value is -1.95. The van der Waals surface area contributed by atoms with Gasteiger partial charge in [0.25, 0.3) is 0 Å². The van der Waals surface area contributed by atoms with Gasteiger partial charge in [0.2, 0.25) is 5.13 Å². The van der Waals surface area contributed by atoms with E-state index >= 15 is 0 Å². The summed E-state index contributed by atoms with van der Waals surface area (Å²) in [5.41, 5.74) is 2.15. The number of hydrogen-bond acceptors (Lipinski definition) is 5. The molecule has 0 amide bonds. The second-order valence-electron chi connectivity index (χ2n) is 6.03. The van der Waals surface area contributed by atoms with Crippen molar-refractivity contribution in [3.05, 3.63) is 65.2 Å². The molecule has 1 fully saturated rings. The number of nitrogens with one attached hydrogen (secondary N) is 1. The minimum Gasteiger partial charge on any atom is -0.373 e. The topological polar surface area (TPSA) is 47.0 Å². The normalized spacial score (nSPS) is 20.4. The summed E-state index contributed by atoms with van der Waals surface area (Å²) < 4.78 is 5.93. The number of hydrogen-bond donors (Lipinski definition) is 1. The Morgan fingerprint density at radius 2 is 1.84 bits per heavy atom. The van der Waals surface area contributed by atoms with E-state index in [9.17, 15) is 0 Å². The van der Waals surface area contributed by atoms with Crippen LogP contribution in [0.5, 0.6) is 0 Å². The predicted octanol–water partition coefficient (Wildman–Crippen LogP) is 5.19. The van der Waals surface area contributed by atoms with Crippen LogP contribution in [0.25, 0.3) is 10.6 Å². The molecule has 2 heterocycles. The second-order valence-corrected chi connectivity index (χ2v) is 7.41. The molecule has 4 rings (SSSR count). The Balaban J connectivity index is 1.45. The van der Waals surface area contributed by atoms with Crippen molar-refractivity contribution in [3.8, 4) is 10.6 Å². The SMILES string of the molecule is Clc1ccccc1-c1nnc(NC2CCOC(c3ccccc3)C2)s1. The van der Waals surface area contributed by atoms with Gasteiger partial charge in [-0.25, -0.2) is 0 Å². The van der Waals surface area contributed by atoms with E-state index in [0.717, 1.165) is 35.2 Å². The van der Waals surface area contributed by atoms with Crippen LogP contribution in [-0.2, 0) is 4.74 Å². The maximum absolute atomic E-state index is 6.25. The number of rotatable bonds is 4. The quantitative estimate of drug-likeness (QED) is 0.685. The van der Waals surface area contributed by atoms with Gasteiger partial charge in [0, 0.05) is 18.2 Å². The Morgan fingerprint density at radius 1 is 1.04 bits per heavy atom. The van der Waals surface area contributed by atoms with Gasteiger partial charge in [0.05, 0.1) is 11.1 Å². The van der Waals surface area contributed by atoms with E-state index in [1.165, 1.54) is 16.9 Å². The fourth-order valence-corrected chi connectivity index (χ4v) is 4.17. The van der Waals surface area contributed by atoms with Crippen molar-refractivity contribution in [1.29, 1.82) is 0 Å². The summed E-state index contributed by atoms with van der Waals surface area (Å²) >= 11 is 7.78. The zero-order chi connectivity index (χ0) is 17.1. The smallest absolute Gasteiger partial charge is 0.206 e. The van der Waals surface area contributed by atoms with Gasteiger partial charge in [-0.3, -0.25) is 0 Å². The maximum atomic E-state index is 6.25. The summed E-state index contributed by atoms with van der Waals surface area (Å²) in [6.45, 7) is 0.743. The molecule has 4 nitrogen and oxygen atoms in total. The van der Waals surface area contributed by atoms with Gasteiger partial charge in [-0.1, -0.05) is 71.5 Å². The number of nitrogens with zero attached hydrogens (tertiary/aromatic N) is 2. The lowest BCUT2D eigenvalue weighted by molar-refractivity contribution is 0.00979. The summed E-state index contributed by atoms with van der Waals surface area (Å²) in [6, 6.07) is 18.4. The van der Waals surface area contributed by atoms with Crippen LogP contribution in [0.4, 0.5) is 5.13 Å². The molecular formula is C19H18ClN3OS. The molecule has 2 atom stereocenters. The zero-order valence-corrected chi connectivity index (χ0v) is 15.1. The molecule has 1 aliphatic rings. The number of benzene rings is 2. The first-order valence-corrected chi connectivity index (χ1v) is 9.50. The molecule has 0 spiro atoms. The van der Waals surface area contributed by atoms with Gasteiger partial charge in [-0.2, -0.15) is 0 Å². The maximum Gasteiger partial charge on any atom is 0.206 e. The molecule has 3 aromatic rings. The lowest BCUT2D eigenvalue weighted by Gasteiger charge is -2.30. The molecule has 2 aromatic carbocycles. The summed E-state index contributed by atoms with van der Waals surface area (Å²) in [6.07, 6.45) is 2.01. The van der Waals surface area contributed by atoms with Gasteiger partial charge >= 0.3 is 0 Å². The van der Waals surface area contributed by atoms with Gasteiger partial charge < -0.3 is 10.1 Å². The first-order valence-electron chi connectivity index (χ1n) is 8.31. The largest absolute Gasteiger partial charge is 0.373 e. The van der Waals surface area contributed by atoms with Crippen molar-refractivity contribution in [1.82, 2.24) is 10.2 Å². The van der Waals surface area contributed by atoms with Crippen LogP contribution in [0.3, 0.4) is 0 Å². The van der Waals surface area contributed by atoms with E-state index in [2.05, 4.69) is 39.8 Å². The molecule has 6 heteroatoms. The van der Waals surface area contributed by atoms with Crippen LogP contribution in [0.2, 0.25) is 5.02 Å². The standard InChI is InChI=1S/C19H18ClN3OS/c20-16-9-5-4-8-15(16)18-22-23-19(25-18)21-14-10-11-24-17(12-14)13-6-2-1-3-7-13/h1-9,14,17H,10-12H2,(H,21,23). The molecule has 1 N–H and O–H groups in total.